The van der Waals surface area contributed by atoms with Crippen molar-refractivity contribution < 1.29 is 4.39 Å². The Hall–Kier alpha value is -1.23. The summed E-state index contributed by atoms with van der Waals surface area (Å²) in [5.74, 6) is 0.799. The van der Waals surface area contributed by atoms with Gasteiger partial charge in [-0.2, -0.15) is 0 Å². The highest BCUT2D eigenvalue weighted by Crippen LogP contribution is 2.09. The van der Waals surface area contributed by atoms with Gasteiger partial charge in [-0.3, -0.25) is 9.29 Å². The van der Waals surface area contributed by atoms with Gasteiger partial charge in [0, 0.05) is 45.1 Å². The smallest absolute Gasteiger partial charge is 0.225 e. The van der Waals surface area contributed by atoms with Crippen molar-refractivity contribution in [1.29, 1.82) is 0 Å². The number of piperazine rings is 1. The second-order valence-electron chi connectivity index (χ2n) is 3.92. The van der Waals surface area contributed by atoms with Crippen molar-refractivity contribution in [2.45, 2.75) is 6.42 Å². The summed E-state index contributed by atoms with van der Waals surface area (Å²) in [5.41, 5.74) is 0. The molecule has 0 bridgehead atoms. The third-order valence-electron chi connectivity index (χ3n) is 2.82. The molecule has 0 spiro atoms. The average Bonchev–Trinajstić information content (AvgIpc) is 2.38. The maximum absolute atomic E-state index is 12.0. The zero-order valence-electron chi connectivity index (χ0n) is 9.35. The van der Waals surface area contributed by atoms with Crippen LogP contribution in [0.2, 0.25) is 0 Å². The number of nitrogens with zero attached hydrogens (tertiary/aromatic N) is 4. The largest absolute Gasteiger partial charge is 0.338 e. The molecule has 0 radical (unpaired) electrons. The van der Waals surface area contributed by atoms with Crippen LogP contribution in [0.25, 0.3) is 0 Å². The number of rotatable bonds is 4. The van der Waals surface area contributed by atoms with Crippen LogP contribution in [0.15, 0.2) is 18.5 Å². The molecule has 0 amide bonds. The van der Waals surface area contributed by atoms with Gasteiger partial charge in [0.05, 0.1) is 6.67 Å². The molecule has 0 aliphatic carbocycles. The van der Waals surface area contributed by atoms with Crippen molar-refractivity contribution in [1.82, 2.24) is 14.9 Å². The Bertz CT molecular complexity index is 298. The van der Waals surface area contributed by atoms with Crippen LogP contribution in [0.3, 0.4) is 0 Å². The van der Waals surface area contributed by atoms with E-state index in [1.54, 1.807) is 12.4 Å². The van der Waals surface area contributed by atoms with Crippen LogP contribution in [0, 0.1) is 0 Å². The summed E-state index contributed by atoms with van der Waals surface area (Å²) in [5, 5.41) is 0. The molecule has 0 aromatic carbocycles. The van der Waals surface area contributed by atoms with E-state index in [1.165, 1.54) is 0 Å². The molecule has 0 N–H and O–H groups in total. The molecule has 16 heavy (non-hydrogen) atoms. The molecule has 0 atom stereocenters. The van der Waals surface area contributed by atoms with E-state index >= 15 is 0 Å². The Kier molecular flexibility index (Phi) is 4.04. The highest BCUT2D eigenvalue weighted by molar-refractivity contribution is 5.29. The van der Waals surface area contributed by atoms with Gasteiger partial charge >= 0.3 is 0 Å². The van der Waals surface area contributed by atoms with Gasteiger partial charge in [0.25, 0.3) is 0 Å². The predicted octanol–water partition coefficient (Wildman–Crippen LogP) is 0.958. The molecule has 2 heterocycles. The predicted molar refractivity (Wildman–Crippen MR) is 61.3 cm³/mol. The van der Waals surface area contributed by atoms with Gasteiger partial charge in [0.1, 0.15) is 0 Å². The second kappa shape index (κ2) is 5.75. The van der Waals surface area contributed by atoms with Crippen molar-refractivity contribution >= 4 is 5.95 Å². The van der Waals surface area contributed by atoms with Crippen LogP contribution in [0.1, 0.15) is 6.42 Å². The summed E-state index contributed by atoms with van der Waals surface area (Å²) in [7, 11) is 0. The van der Waals surface area contributed by atoms with Crippen molar-refractivity contribution in [3.05, 3.63) is 18.5 Å². The number of alkyl halides is 1. The molecule has 0 saturated carbocycles. The van der Waals surface area contributed by atoms with E-state index in [0.29, 0.717) is 6.42 Å². The van der Waals surface area contributed by atoms with Crippen LogP contribution in [0.4, 0.5) is 10.3 Å². The van der Waals surface area contributed by atoms with Gasteiger partial charge in [-0.15, -0.1) is 0 Å². The monoisotopic (exact) mass is 224 g/mol. The van der Waals surface area contributed by atoms with E-state index in [1.807, 2.05) is 6.07 Å². The lowest BCUT2D eigenvalue weighted by molar-refractivity contribution is 0.244. The first kappa shape index (κ1) is 11.3. The van der Waals surface area contributed by atoms with Gasteiger partial charge in [0.15, 0.2) is 0 Å². The van der Waals surface area contributed by atoms with Crippen LogP contribution in [-0.2, 0) is 0 Å². The maximum Gasteiger partial charge on any atom is 0.225 e. The van der Waals surface area contributed by atoms with Crippen LogP contribution in [-0.4, -0.2) is 54.3 Å². The lowest BCUT2D eigenvalue weighted by atomic mass is 10.3. The zero-order chi connectivity index (χ0) is 11.2. The molecular weight excluding hydrogens is 207 g/mol. The van der Waals surface area contributed by atoms with E-state index in [-0.39, 0.29) is 6.67 Å². The first-order valence-corrected chi connectivity index (χ1v) is 5.70. The Labute approximate surface area is 95.1 Å². The van der Waals surface area contributed by atoms with Crippen molar-refractivity contribution in [3.63, 3.8) is 0 Å². The van der Waals surface area contributed by atoms with Gasteiger partial charge in [0.2, 0.25) is 5.95 Å². The Morgan fingerprint density at radius 2 is 1.81 bits per heavy atom. The summed E-state index contributed by atoms with van der Waals surface area (Å²) >= 11 is 0. The maximum atomic E-state index is 12.0. The minimum absolute atomic E-state index is 0.220. The van der Waals surface area contributed by atoms with Crippen LogP contribution < -0.4 is 4.90 Å². The summed E-state index contributed by atoms with van der Waals surface area (Å²) in [4.78, 5) is 12.9. The number of aromatic nitrogens is 2. The number of halogens is 1. The topological polar surface area (TPSA) is 32.3 Å². The Morgan fingerprint density at radius 3 is 2.44 bits per heavy atom. The fourth-order valence-corrected chi connectivity index (χ4v) is 1.91. The molecule has 1 aliphatic rings. The molecule has 1 aromatic heterocycles. The molecule has 1 fully saturated rings. The molecule has 5 heteroatoms. The quantitative estimate of drug-likeness (QED) is 0.762. The first-order valence-electron chi connectivity index (χ1n) is 5.70. The molecule has 1 saturated heterocycles. The van der Waals surface area contributed by atoms with Gasteiger partial charge in [-0.05, 0) is 12.5 Å². The standard InChI is InChI=1S/C11H17FN4/c12-3-1-6-15-7-9-16(10-8-15)11-13-4-2-5-14-11/h2,4-5H,1,3,6-10H2. The summed E-state index contributed by atoms with van der Waals surface area (Å²) in [6.45, 7) is 4.44. The molecule has 88 valence electrons. The second-order valence-corrected chi connectivity index (χ2v) is 3.92. The lowest BCUT2D eigenvalue weighted by Crippen LogP contribution is -2.47. The molecule has 0 unspecified atom stereocenters. The summed E-state index contributed by atoms with van der Waals surface area (Å²) in [6.07, 6.45) is 4.16. The van der Waals surface area contributed by atoms with Gasteiger partial charge in [-0.25, -0.2) is 9.97 Å². The fourth-order valence-electron chi connectivity index (χ4n) is 1.91. The molecule has 1 aliphatic heterocycles. The normalized spacial score (nSPS) is 17.7. The summed E-state index contributed by atoms with van der Waals surface area (Å²) in [6, 6.07) is 1.82. The van der Waals surface area contributed by atoms with Crippen LogP contribution in [0.5, 0.6) is 0 Å². The molecule has 1 aromatic rings. The van der Waals surface area contributed by atoms with E-state index in [2.05, 4.69) is 19.8 Å². The van der Waals surface area contributed by atoms with Crippen molar-refractivity contribution in [3.8, 4) is 0 Å². The number of hydrogen-bond donors (Lipinski definition) is 0. The highest BCUT2D eigenvalue weighted by atomic mass is 19.1. The Morgan fingerprint density at radius 1 is 1.12 bits per heavy atom. The van der Waals surface area contributed by atoms with Gasteiger partial charge in [-0.1, -0.05) is 0 Å². The molecule has 4 nitrogen and oxygen atoms in total. The molecule has 2 rings (SSSR count). The number of anilines is 1. The van der Waals surface area contributed by atoms with Crippen LogP contribution >= 0.6 is 0 Å². The van der Waals surface area contributed by atoms with Crippen molar-refractivity contribution in [2.75, 3.05) is 44.3 Å². The summed E-state index contributed by atoms with van der Waals surface area (Å²) < 4.78 is 12.0. The minimum Gasteiger partial charge on any atom is -0.338 e. The van der Waals surface area contributed by atoms with Crippen molar-refractivity contribution in [2.24, 2.45) is 0 Å². The zero-order valence-corrected chi connectivity index (χ0v) is 9.35. The SMILES string of the molecule is FCCCN1CCN(c2ncccn2)CC1. The van der Waals surface area contributed by atoms with E-state index < -0.39 is 0 Å². The highest BCUT2D eigenvalue weighted by Gasteiger charge is 2.17. The average molecular weight is 224 g/mol. The van der Waals surface area contributed by atoms with E-state index in [9.17, 15) is 4.39 Å². The van der Waals surface area contributed by atoms with E-state index in [0.717, 1.165) is 38.7 Å². The number of hydrogen-bond acceptors (Lipinski definition) is 4. The first-order chi connectivity index (χ1) is 7.90. The Balaban J connectivity index is 1.81. The lowest BCUT2D eigenvalue weighted by Gasteiger charge is -2.34. The minimum atomic E-state index is -0.220. The molecular formula is C11H17FN4. The van der Waals surface area contributed by atoms with Gasteiger partial charge < -0.3 is 4.90 Å². The third kappa shape index (κ3) is 2.88. The third-order valence-corrected chi connectivity index (χ3v) is 2.82. The fraction of sp³-hybridized carbons (Fsp3) is 0.636. The van der Waals surface area contributed by atoms with E-state index in [4.69, 9.17) is 0 Å².